The number of amides is 1. The first-order valence-corrected chi connectivity index (χ1v) is 6.26. The van der Waals surface area contributed by atoms with Gasteiger partial charge >= 0.3 is 0 Å². The third-order valence-electron chi connectivity index (χ3n) is 3.29. The van der Waals surface area contributed by atoms with E-state index in [1.165, 1.54) is 0 Å². The molecular weight excluding hydrogens is 232 g/mol. The lowest BCUT2D eigenvalue weighted by Gasteiger charge is -2.24. The minimum absolute atomic E-state index is 0.311. The molecule has 0 saturated heterocycles. The number of carbonyl (C=O) groups is 1. The number of nitrogens with one attached hydrogen (secondary N) is 1. The predicted octanol–water partition coefficient (Wildman–Crippen LogP) is 0.476. The van der Waals surface area contributed by atoms with Crippen molar-refractivity contribution in [2.45, 2.75) is 43.9 Å². The zero-order valence-electron chi connectivity index (χ0n) is 10.1. The number of rotatable bonds is 2. The van der Waals surface area contributed by atoms with Gasteiger partial charge in [0.1, 0.15) is 5.69 Å². The fraction of sp³-hybridized carbons (Fsp3) is 0.538. The molecule has 3 N–H and O–H groups in total. The van der Waals surface area contributed by atoms with Gasteiger partial charge in [-0.1, -0.05) is 18.9 Å². The highest BCUT2D eigenvalue weighted by Crippen LogP contribution is 2.19. The summed E-state index contributed by atoms with van der Waals surface area (Å²) in [6.07, 6.45) is 2.90. The van der Waals surface area contributed by atoms with Gasteiger partial charge in [-0.25, -0.2) is 0 Å². The molecule has 1 aromatic rings. The van der Waals surface area contributed by atoms with E-state index in [0.717, 1.165) is 12.8 Å². The van der Waals surface area contributed by atoms with E-state index in [9.17, 15) is 15.0 Å². The SMILES string of the molecule is O=C(N[C@@H]1CCCC[C@@H](O)[C@@H]1O)c1ccccn1. The van der Waals surface area contributed by atoms with Crippen LogP contribution in [0.3, 0.4) is 0 Å². The van der Waals surface area contributed by atoms with E-state index in [2.05, 4.69) is 10.3 Å². The van der Waals surface area contributed by atoms with Crippen molar-refractivity contribution in [1.29, 1.82) is 0 Å². The van der Waals surface area contributed by atoms with Gasteiger partial charge in [0.15, 0.2) is 0 Å². The third kappa shape index (κ3) is 3.05. The van der Waals surface area contributed by atoms with Gasteiger partial charge in [-0.3, -0.25) is 9.78 Å². The molecule has 2 rings (SSSR count). The molecule has 1 aliphatic carbocycles. The Labute approximate surface area is 106 Å². The summed E-state index contributed by atoms with van der Waals surface area (Å²) >= 11 is 0. The highest BCUT2D eigenvalue weighted by atomic mass is 16.3. The van der Waals surface area contributed by atoms with Crippen molar-refractivity contribution in [1.82, 2.24) is 10.3 Å². The van der Waals surface area contributed by atoms with Gasteiger partial charge in [0.2, 0.25) is 0 Å². The van der Waals surface area contributed by atoms with Crippen molar-refractivity contribution in [2.24, 2.45) is 0 Å². The molecule has 0 aromatic carbocycles. The summed E-state index contributed by atoms with van der Waals surface area (Å²) in [5.74, 6) is -0.311. The Kier molecular flexibility index (Phi) is 4.28. The number of hydrogen-bond acceptors (Lipinski definition) is 4. The smallest absolute Gasteiger partial charge is 0.270 e. The Morgan fingerprint density at radius 2 is 2.06 bits per heavy atom. The Morgan fingerprint density at radius 3 is 2.78 bits per heavy atom. The second kappa shape index (κ2) is 5.93. The minimum atomic E-state index is -0.903. The molecule has 18 heavy (non-hydrogen) atoms. The van der Waals surface area contributed by atoms with Crippen LogP contribution in [0, 0.1) is 0 Å². The van der Waals surface area contributed by atoms with Crippen LogP contribution in [0.2, 0.25) is 0 Å². The van der Waals surface area contributed by atoms with Gasteiger partial charge in [0, 0.05) is 6.20 Å². The molecule has 1 heterocycles. The van der Waals surface area contributed by atoms with E-state index in [1.54, 1.807) is 24.4 Å². The molecule has 0 spiro atoms. The van der Waals surface area contributed by atoms with Gasteiger partial charge in [-0.2, -0.15) is 0 Å². The molecule has 3 atom stereocenters. The molecule has 1 saturated carbocycles. The minimum Gasteiger partial charge on any atom is -0.390 e. The maximum absolute atomic E-state index is 11.9. The van der Waals surface area contributed by atoms with Crippen LogP contribution in [0.5, 0.6) is 0 Å². The van der Waals surface area contributed by atoms with Crippen LogP contribution >= 0.6 is 0 Å². The molecule has 0 radical (unpaired) electrons. The Bertz CT molecular complexity index is 396. The van der Waals surface area contributed by atoms with Crippen LogP contribution in [-0.2, 0) is 0 Å². The number of carbonyl (C=O) groups excluding carboxylic acids is 1. The first-order chi connectivity index (χ1) is 8.68. The summed E-state index contributed by atoms with van der Waals surface area (Å²) in [5.41, 5.74) is 0.323. The second-order valence-corrected chi connectivity index (χ2v) is 4.64. The normalized spacial score (nSPS) is 28.4. The summed E-state index contributed by atoms with van der Waals surface area (Å²) < 4.78 is 0. The molecule has 1 aliphatic rings. The maximum atomic E-state index is 11.9. The molecule has 98 valence electrons. The highest BCUT2D eigenvalue weighted by Gasteiger charge is 2.30. The first kappa shape index (κ1) is 13.0. The number of aliphatic hydroxyl groups is 2. The molecular formula is C13H18N2O3. The Balaban J connectivity index is 2.01. The fourth-order valence-electron chi connectivity index (χ4n) is 2.22. The van der Waals surface area contributed by atoms with Gasteiger partial charge in [0.05, 0.1) is 18.2 Å². The van der Waals surface area contributed by atoms with Crippen molar-refractivity contribution >= 4 is 5.91 Å². The van der Waals surface area contributed by atoms with E-state index >= 15 is 0 Å². The fourth-order valence-corrected chi connectivity index (χ4v) is 2.22. The lowest BCUT2D eigenvalue weighted by Crippen LogP contribution is -2.47. The standard InChI is InChI=1S/C13H18N2O3/c16-11-7-2-1-5-9(12(11)17)15-13(18)10-6-3-4-8-14-10/h3-4,6,8-9,11-12,16-17H,1-2,5,7H2,(H,15,18)/t9-,11-,12-/m1/s1. The van der Waals surface area contributed by atoms with Gasteiger partial charge < -0.3 is 15.5 Å². The average molecular weight is 250 g/mol. The zero-order chi connectivity index (χ0) is 13.0. The van der Waals surface area contributed by atoms with Crippen LogP contribution < -0.4 is 5.32 Å². The lowest BCUT2D eigenvalue weighted by molar-refractivity contribution is -0.00128. The summed E-state index contributed by atoms with van der Waals surface area (Å²) in [6.45, 7) is 0. The Morgan fingerprint density at radius 1 is 1.28 bits per heavy atom. The maximum Gasteiger partial charge on any atom is 0.270 e. The van der Waals surface area contributed by atoms with E-state index in [1.807, 2.05) is 0 Å². The average Bonchev–Trinajstić information content (AvgIpc) is 2.55. The highest BCUT2D eigenvalue weighted by molar-refractivity contribution is 5.92. The second-order valence-electron chi connectivity index (χ2n) is 4.64. The van der Waals surface area contributed by atoms with Crippen LogP contribution in [0.15, 0.2) is 24.4 Å². The summed E-state index contributed by atoms with van der Waals surface area (Å²) in [4.78, 5) is 15.9. The number of aromatic nitrogens is 1. The van der Waals surface area contributed by atoms with E-state index in [4.69, 9.17) is 0 Å². The summed E-state index contributed by atoms with van der Waals surface area (Å²) in [7, 11) is 0. The molecule has 1 amide bonds. The largest absolute Gasteiger partial charge is 0.390 e. The third-order valence-corrected chi connectivity index (χ3v) is 3.29. The lowest BCUT2D eigenvalue weighted by atomic mass is 10.0. The van der Waals surface area contributed by atoms with E-state index in [-0.39, 0.29) is 5.91 Å². The van der Waals surface area contributed by atoms with Crippen LogP contribution in [0.25, 0.3) is 0 Å². The van der Waals surface area contributed by atoms with Crippen LogP contribution in [0.1, 0.15) is 36.2 Å². The van der Waals surface area contributed by atoms with Gasteiger partial charge in [-0.15, -0.1) is 0 Å². The van der Waals surface area contributed by atoms with Crippen LogP contribution in [-0.4, -0.2) is 39.4 Å². The monoisotopic (exact) mass is 250 g/mol. The summed E-state index contributed by atoms with van der Waals surface area (Å²) in [6, 6.07) is 4.69. The van der Waals surface area contributed by atoms with Crippen molar-refractivity contribution in [3.8, 4) is 0 Å². The topological polar surface area (TPSA) is 82.5 Å². The molecule has 1 fully saturated rings. The molecule has 1 aromatic heterocycles. The van der Waals surface area contributed by atoms with Crippen molar-refractivity contribution in [2.75, 3.05) is 0 Å². The first-order valence-electron chi connectivity index (χ1n) is 6.26. The molecule has 0 aliphatic heterocycles. The predicted molar refractivity (Wildman–Crippen MR) is 66.0 cm³/mol. The number of hydrogen-bond donors (Lipinski definition) is 3. The molecule has 5 nitrogen and oxygen atoms in total. The Hall–Kier alpha value is -1.46. The molecule has 0 unspecified atom stereocenters. The van der Waals surface area contributed by atoms with Crippen molar-refractivity contribution in [3.63, 3.8) is 0 Å². The van der Waals surface area contributed by atoms with E-state index < -0.39 is 18.2 Å². The van der Waals surface area contributed by atoms with Crippen molar-refractivity contribution < 1.29 is 15.0 Å². The molecule has 5 heteroatoms. The summed E-state index contributed by atoms with van der Waals surface area (Å²) in [5, 5.41) is 22.4. The molecule has 0 bridgehead atoms. The zero-order valence-corrected chi connectivity index (χ0v) is 10.1. The number of nitrogens with zero attached hydrogens (tertiary/aromatic N) is 1. The van der Waals surface area contributed by atoms with Gasteiger partial charge in [-0.05, 0) is 25.0 Å². The van der Waals surface area contributed by atoms with E-state index in [0.29, 0.717) is 18.5 Å². The quantitative estimate of drug-likeness (QED) is 0.667. The van der Waals surface area contributed by atoms with Gasteiger partial charge in [0.25, 0.3) is 5.91 Å². The number of pyridine rings is 1. The van der Waals surface area contributed by atoms with Crippen LogP contribution in [0.4, 0.5) is 0 Å². The van der Waals surface area contributed by atoms with Crippen molar-refractivity contribution in [3.05, 3.63) is 30.1 Å². The number of aliphatic hydroxyl groups excluding tert-OH is 2.